The van der Waals surface area contributed by atoms with E-state index in [0.717, 1.165) is 19.3 Å². The van der Waals surface area contributed by atoms with Crippen molar-refractivity contribution in [3.63, 3.8) is 0 Å². The largest absolute Gasteiger partial charge is 2.00 e. The third-order valence-corrected chi connectivity index (χ3v) is 5.56. The van der Waals surface area contributed by atoms with E-state index in [2.05, 4.69) is 29.0 Å². The summed E-state index contributed by atoms with van der Waals surface area (Å²) in [4.78, 5) is 28.5. The zero-order valence-corrected chi connectivity index (χ0v) is 22.7. The topological polar surface area (TPSA) is 116 Å². The third-order valence-electron chi connectivity index (χ3n) is 5.56. The van der Waals surface area contributed by atoms with Gasteiger partial charge in [-0.2, -0.15) is 0 Å². The number of nitrogens with zero attached hydrogens (tertiary/aromatic N) is 4. The van der Waals surface area contributed by atoms with Crippen molar-refractivity contribution in [2.45, 2.75) is 96.8 Å². The summed E-state index contributed by atoms with van der Waals surface area (Å²) in [6.07, 6.45) is 22.4. The normalized spacial score (nSPS) is 10.8. The van der Waals surface area contributed by atoms with Crippen LogP contribution in [0.1, 0.15) is 96.8 Å². The van der Waals surface area contributed by atoms with Crippen LogP contribution >= 0.6 is 0 Å². The van der Waals surface area contributed by atoms with Crippen LogP contribution in [-0.4, -0.2) is 48.1 Å². The zero-order valence-electron chi connectivity index (χ0n) is 21.3. The summed E-state index contributed by atoms with van der Waals surface area (Å²) < 4.78 is 2.79. The fourth-order valence-electron chi connectivity index (χ4n) is 3.56. The quantitative estimate of drug-likeness (QED) is 0.218. The number of aliphatic carboxylic acids is 1. The Hall–Kier alpha value is -1.87. The first-order valence-electron chi connectivity index (χ1n) is 12.3. The molecule has 34 heavy (non-hydrogen) atoms. The van der Waals surface area contributed by atoms with Gasteiger partial charge in [0.05, 0.1) is 11.8 Å². The van der Waals surface area contributed by atoms with Crippen LogP contribution in [-0.2, 0) is 18.9 Å². The molecule has 0 atom stereocenters. The molecule has 2 aromatic heterocycles. The van der Waals surface area contributed by atoms with E-state index in [1.54, 1.807) is 11.6 Å². The summed E-state index contributed by atoms with van der Waals surface area (Å²) in [6.45, 7) is 2.25. The Morgan fingerprint density at radius 2 is 1.47 bits per heavy atom. The number of aromatic nitrogens is 4. The van der Waals surface area contributed by atoms with Gasteiger partial charge >= 0.3 is 28.7 Å². The smallest absolute Gasteiger partial charge is 0.857 e. The van der Waals surface area contributed by atoms with Crippen molar-refractivity contribution < 1.29 is 15.0 Å². The van der Waals surface area contributed by atoms with E-state index in [4.69, 9.17) is 0 Å². The minimum Gasteiger partial charge on any atom is -0.857 e. The standard InChI is InChI=1S/C18H34O2.C7H8N4O2.Mg/c1-2-3-4-5-6-7-8-9-10-11-12-13-14-15-16-17-18(19)20;1-10-3-8-5-4(10)6(12)9-7(13)11(5)2;/h8-9H,2-7,10-17H2,1H3,(H,19,20);3H,1-2H3,(H,9,12,13);/q;;+2/p-2/b9-8-;;. The van der Waals surface area contributed by atoms with Crippen LogP contribution in [0.25, 0.3) is 11.2 Å². The van der Waals surface area contributed by atoms with Gasteiger partial charge in [-0.05, 0) is 38.5 Å². The number of carboxylic acids is 1. The molecule has 8 nitrogen and oxygen atoms in total. The molecule has 2 heterocycles. The number of aryl methyl sites for hydroxylation is 2. The summed E-state index contributed by atoms with van der Waals surface area (Å²) >= 11 is 0. The monoisotopic (exact) mass is 484 g/mol. The molecule has 0 amide bonds. The minimum atomic E-state index is -0.912. The molecule has 2 aromatic rings. The molecule has 0 radical (unpaired) electrons. The molecule has 186 valence electrons. The summed E-state index contributed by atoms with van der Waals surface area (Å²) in [7, 11) is 3.22. The van der Waals surface area contributed by atoms with Crippen LogP contribution in [0.3, 0.4) is 0 Å². The van der Waals surface area contributed by atoms with Gasteiger partial charge in [-0.3, -0.25) is 4.57 Å². The Bertz CT molecular complexity index is 908. The van der Waals surface area contributed by atoms with E-state index >= 15 is 0 Å². The maximum Gasteiger partial charge on any atom is 2.00 e. The maximum atomic E-state index is 11.2. The Labute approximate surface area is 219 Å². The number of rotatable bonds is 15. The Balaban J connectivity index is 0.000000668. The van der Waals surface area contributed by atoms with E-state index < -0.39 is 17.5 Å². The number of carbonyl (C=O) groups excluding carboxylic acids is 1. The van der Waals surface area contributed by atoms with Crippen molar-refractivity contribution in [3.05, 3.63) is 29.0 Å². The summed E-state index contributed by atoms with van der Waals surface area (Å²) in [6, 6.07) is 0. The molecule has 0 aliphatic carbocycles. The second-order valence-corrected chi connectivity index (χ2v) is 8.49. The van der Waals surface area contributed by atoms with E-state index in [1.807, 2.05) is 0 Å². The molecule has 0 saturated carbocycles. The van der Waals surface area contributed by atoms with Gasteiger partial charge in [0, 0.05) is 25.9 Å². The molecular weight excluding hydrogens is 445 g/mol. The van der Waals surface area contributed by atoms with Crippen LogP contribution in [0.15, 0.2) is 23.3 Å². The molecule has 0 N–H and O–H groups in total. The molecule has 2 rings (SSSR count). The van der Waals surface area contributed by atoms with Crippen LogP contribution in [0.5, 0.6) is 5.88 Å². The van der Waals surface area contributed by atoms with Gasteiger partial charge in [0.1, 0.15) is 0 Å². The number of carbonyl (C=O) groups is 1. The molecule has 9 heteroatoms. The zero-order chi connectivity index (χ0) is 24.5. The molecule has 0 unspecified atom stereocenters. The second-order valence-electron chi connectivity index (χ2n) is 8.49. The molecule has 0 aliphatic rings. The number of hydrogen-bond donors (Lipinski definition) is 0. The fourth-order valence-corrected chi connectivity index (χ4v) is 3.56. The van der Waals surface area contributed by atoms with Crippen LogP contribution < -0.4 is 15.9 Å². The molecule has 0 saturated heterocycles. The van der Waals surface area contributed by atoms with Gasteiger partial charge in [-0.15, -0.1) is 0 Å². The molecule has 0 aliphatic heterocycles. The van der Waals surface area contributed by atoms with Gasteiger partial charge in [-0.1, -0.05) is 70.4 Å². The molecule has 0 spiro atoms. The van der Waals surface area contributed by atoms with Gasteiger partial charge in [0.25, 0.3) is 0 Å². The van der Waals surface area contributed by atoms with E-state index in [1.165, 1.54) is 82.2 Å². The van der Waals surface area contributed by atoms with Crippen LogP contribution in [0.4, 0.5) is 0 Å². The van der Waals surface area contributed by atoms with Crippen LogP contribution in [0, 0.1) is 0 Å². The predicted molar refractivity (Wildman–Crippen MR) is 133 cm³/mol. The number of allylic oxidation sites excluding steroid dienone is 2. The first-order chi connectivity index (χ1) is 15.9. The van der Waals surface area contributed by atoms with Gasteiger partial charge in [0.2, 0.25) is 0 Å². The van der Waals surface area contributed by atoms with Crippen molar-refractivity contribution in [2.24, 2.45) is 14.1 Å². The van der Waals surface area contributed by atoms with E-state index in [9.17, 15) is 19.8 Å². The van der Waals surface area contributed by atoms with Crippen LogP contribution in [0.2, 0.25) is 0 Å². The van der Waals surface area contributed by atoms with Gasteiger partial charge in [0.15, 0.2) is 5.65 Å². The average Bonchev–Trinajstić information content (AvgIpc) is 3.17. The van der Waals surface area contributed by atoms with Crippen molar-refractivity contribution in [3.8, 4) is 5.88 Å². The Morgan fingerprint density at radius 3 is 2.03 bits per heavy atom. The summed E-state index contributed by atoms with van der Waals surface area (Å²) in [5.74, 6) is -1.44. The number of carboxylic acid groups (broad SMARTS) is 1. The molecule has 0 bridgehead atoms. The SMILES string of the molecule is CCCCCCC/C=C\CCCCCCCCC(=O)[O-].Cn1cnc2c1c([O-])nc(=O)n2C.[Mg+2]. The van der Waals surface area contributed by atoms with Crippen molar-refractivity contribution in [1.29, 1.82) is 0 Å². The molecular formula is C25H40MgN4O4. The number of fused-ring (bicyclic) bond motifs is 1. The second kappa shape index (κ2) is 19.4. The minimum absolute atomic E-state index is 0. The molecule has 0 aromatic carbocycles. The summed E-state index contributed by atoms with van der Waals surface area (Å²) in [5, 5.41) is 21.5. The van der Waals surface area contributed by atoms with E-state index in [0.29, 0.717) is 11.2 Å². The van der Waals surface area contributed by atoms with Gasteiger partial charge in [-0.25, -0.2) is 14.8 Å². The number of hydrogen-bond acceptors (Lipinski definition) is 6. The first-order valence-corrected chi connectivity index (χ1v) is 12.3. The van der Waals surface area contributed by atoms with E-state index in [-0.39, 0.29) is 29.5 Å². The Kier molecular flexibility index (Phi) is 18.4. The van der Waals surface area contributed by atoms with Crippen molar-refractivity contribution in [1.82, 2.24) is 19.1 Å². The number of imidazole rings is 1. The van der Waals surface area contributed by atoms with Gasteiger partial charge < -0.3 is 19.6 Å². The predicted octanol–water partition coefficient (Wildman–Crippen LogP) is 3.13. The Morgan fingerprint density at radius 1 is 0.941 bits per heavy atom. The van der Waals surface area contributed by atoms with Crippen molar-refractivity contribution >= 4 is 40.2 Å². The average molecular weight is 485 g/mol. The van der Waals surface area contributed by atoms with Crippen molar-refractivity contribution in [2.75, 3.05) is 0 Å². The fraction of sp³-hybridized carbons (Fsp3) is 0.680. The third kappa shape index (κ3) is 13.1. The summed E-state index contributed by atoms with van der Waals surface area (Å²) in [5.41, 5.74) is 0.144. The number of unbranched alkanes of at least 4 members (excludes halogenated alkanes) is 11. The molecule has 0 fully saturated rings. The maximum absolute atomic E-state index is 11.2. The first kappa shape index (κ1) is 32.1.